The quantitative estimate of drug-likeness (QED) is 0.0637. The highest BCUT2D eigenvalue weighted by molar-refractivity contribution is 5.74. The van der Waals surface area contributed by atoms with Crippen LogP contribution in [0, 0.1) is 0 Å². The van der Waals surface area contributed by atoms with Crippen molar-refractivity contribution in [2.24, 2.45) is 0 Å². The number of nitrogens with zero attached hydrogens (tertiary/aromatic N) is 2. The number of benzene rings is 2. The Bertz CT molecular complexity index is 1010. The Labute approximate surface area is 294 Å². The maximum absolute atomic E-state index is 13.1. The van der Waals surface area contributed by atoms with Crippen LogP contribution in [0.3, 0.4) is 0 Å². The number of ether oxygens (including phenoxy) is 2. The van der Waals surface area contributed by atoms with E-state index in [4.69, 9.17) is 9.47 Å². The molecule has 0 heterocycles. The van der Waals surface area contributed by atoms with Gasteiger partial charge in [0, 0.05) is 0 Å². The summed E-state index contributed by atoms with van der Waals surface area (Å²) in [6.07, 6.45) is 19.1. The van der Waals surface area contributed by atoms with Crippen LogP contribution in [-0.2, 0) is 32.3 Å². The van der Waals surface area contributed by atoms with Crippen LogP contribution in [0.25, 0.3) is 11.1 Å². The Hall–Kier alpha value is -2.70. The molecule has 0 saturated heterocycles. The van der Waals surface area contributed by atoms with Gasteiger partial charge in [-0.15, -0.1) is 0 Å². The minimum atomic E-state index is -0.174. The molecule has 0 radical (unpaired) electrons. The van der Waals surface area contributed by atoms with Crippen molar-refractivity contribution in [1.29, 1.82) is 0 Å². The SMILES string of the molecule is CCCCCCN(CCCCCC)CC(=O)OCc1ccccc1-c1ccccc1COC(=O)CN(CCCCCC)CCCCCC. The maximum Gasteiger partial charge on any atom is 0.320 e. The van der Waals surface area contributed by atoms with E-state index in [0.717, 1.165) is 74.1 Å². The molecule has 0 amide bonds. The maximum atomic E-state index is 13.1. The molecule has 0 atom stereocenters. The van der Waals surface area contributed by atoms with Crippen molar-refractivity contribution >= 4 is 11.9 Å². The van der Waals surface area contributed by atoms with E-state index >= 15 is 0 Å². The first-order chi connectivity index (χ1) is 23.5. The fourth-order valence-electron chi connectivity index (χ4n) is 6.18. The summed E-state index contributed by atoms with van der Waals surface area (Å²) in [6, 6.07) is 16.1. The van der Waals surface area contributed by atoms with Crippen molar-refractivity contribution in [2.75, 3.05) is 39.3 Å². The summed E-state index contributed by atoms with van der Waals surface area (Å²) >= 11 is 0. The van der Waals surface area contributed by atoms with Crippen molar-refractivity contribution in [1.82, 2.24) is 9.80 Å². The van der Waals surface area contributed by atoms with E-state index in [1.807, 2.05) is 36.4 Å². The van der Waals surface area contributed by atoms with Gasteiger partial charge in [0.25, 0.3) is 0 Å². The molecule has 0 bridgehead atoms. The monoisotopic (exact) mass is 665 g/mol. The van der Waals surface area contributed by atoms with E-state index in [0.29, 0.717) is 13.1 Å². The van der Waals surface area contributed by atoms with Crippen LogP contribution in [0.5, 0.6) is 0 Å². The second kappa shape index (κ2) is 27.2. The molecule has 0 spiro atoms. The fraction of sp³-hybridized carbons (Fsp3) is 0.667. The number of carbonyl (C=O) groups excluding carboxylic acids is 2. The zero-order valence-electron chi connectivity index (χ0n) is 31.1. The highest BCUT2D eigenvalue weighted by atomic mass is 16.5. The zero-order chi connectivity index (χ0) is 34.7. The first-order valence-corrected chi connectivity index (χ1v) is 19.4. The van der Waals surface area contributed by atoms with Gasteiger partial charge in [-0.05, 0) is 74.1 Å². The average Bonchev–Trinajstić information content (AvgIpc) is 3.10. The third-order valence-corrected chi connectivity index (χ3v) is 9.12. The normalized spacial score (nSPS) is 11.4. The largest absolute Gasteiger partial charge is 0.460 e. The summed E-state index contributed by atoms with van der Waals surface area (Å²) in [7, 11) is 0. The zero-order valence-corrected chi connectivity index (χ0v) is 31.1. The van der Waals surface area contributed by atoms with Crippen LogP contribution in [0.15, 0.2) is 48.5 Å². The molecule has 270 valence electrons. The van der Waals surface area contributed by atoms with Gasteiger partial charge in [0.15, 0.2) is 0 Å². The molecule has 0 N–H and O–H groups in total. The highest BCUT2D eigenvalue weighted by Gasteiger charge is 2.16. The minimum absolute atomic E-state index is 0.174. The van der Waals surface area contributed by atoms with Crippen molar-refractivity contribution in [2.45, 2.75) is 144 Å². The van der Waals surface area contributed by atoms with Crippen molar-refractivity contribution < 1.29 is 19.1 Å². The Balaban J connectivity index is 2.01. The number of esters is 2. The predicted octanol–water partition coefficient (Wildman–Crippen LogP) is 10.4. The van der Waals surface area contributed by atoms with Crippen molar-refractivity contribution in [3.8, 4) is 11.1 Å². The molecule has 0 saturated carbocycles. The molecule has 6 heteroatoms. The molecule has 0 fully saturated rings. The lowest BCUT2D eigenvalue weighted by atomic mass is 9.96. The number of hydrogen-bond donors (Lipinski definition) is 0. The number of carbonyl (C=O) groups is 2. The van der Waals surface area contributed by atoms with Gasteiger partial charge in [0.1, 0.15) is 13.2 Å². The highest BCUT2D eigenvalue weighted by Crippen LogP contribution is 2.28. The van der Waals surface area contributed by atoms with Gasteiger partial charge < -0.3 is 9.47 Å². The summed E-state index contributed by atoms with van der Waals surface area (Å²) in [5, 5.41) is 0. The Morgan fingerprint density at radius 1 is 0.458 bits per heavy atom. The minimum Gasteiger partial charge on any atom is -0.460 e. The molecule has 0 aliphatic carbocycles. The summed E-state index contributed by atoms with van der Waals surface area (Å²) in [5.74, 6) is -0.348. The Morgan fingerprint density at radius 2 is 0.771 bits per heavy atom. The van der Waals surface area contributed by atoms with Crippen LogP contribution in [0.1, 0.15) is 142 Å². The van der Waals surface area contributed by atoms with Crippen LogP contribution in [-0.4, -0.2) is 61.0 Å². The summed E-state index contributed by atoms with van der Waals surface area (Å²) in [4.78, 5) is 30.7. The molecular weight excluding hydrogens is 596 g/mol. The summed E-state index contributed by atoms with van der Waals surface area (Å²) in [5.41, 5.74) is 3.91. The standard InChI is InChI=1S/C42H68N2O4/c1-5-9-13-21-29-43(30-22-14-10-6-2)33-41(45)47-35-37-25-17-19-27-39(37)40-28-20-18-26-38(40)36-48-42(46)34-44(31-23-15-11-7-3)32-24-16-12-8-4/h17-20,25-28H,5-16,21-24,29-36H2,1-4H3. The summed E-state index contributed by atoms with van der Waals surface area (Å²) in [6.45, 7) is 13.8. The van der Waals surface area contributed by atoms with Gasteiger partial charge in [-0.3, -0.25) is 19.4 Å². The van der Waals surface area contributed by atoms with Gasteiger partial charge >= 0.3 is 11.9 Å². The van der Waals surface area contributed by atoms with E-state index in [9.17, 15) is 9.59 Å². The molecule has 48 heavy (non-hydrogen) atoms. The van der Waals surface area contributed by atoms with E-state index in [1.54, 1.807) is 0 Å². The molecule has 0 unspecified atom stereocenters. The fourth-order valence-corrected chi connectivity index (χ4v) is 6.18. The van der Waals surface area contributed by atoms with E-state index in [1.165, 1.54) is 77.0 Å². The van der Waals surface area contributed by atoms with Gasteiger partial charge in [-0.2, -0.15) is 0 Å². The first kappa shape index (κ1) is 41.5. The van der Waals surface area contributed by atoms with E-state index in [2.05, 4.69) is 49.6 Å². The number of unbranched alkanes of at least 4 members (excludes halogenated alkanes) is 12. The summed E-state index contributed by atoms with van der Waals surface area (Å²) < 4.78 is 11.8. The third-order valence-electron chi connectivity index (χ3n) is 9.12. The predicted molar refractivity (Wildman–Crippen MR) is 201 cm³/mol. The van der Waals surface area contributed by atoms with E-state index < -0.39 is 0 Å². The van der Waals surface area contributed by atoms with Gasteiger partial charge in [-0.25, -0.2) is 0 Å². The van der Waals surface area contributed by atoms with E-state index in [-0.39, 0.29) is 25.2 Å². The lowest BCUT2D eigenvalue weighted by molar-refractivity contribution is -0.147. The lowest BCUT2D eigenvalue weighted by Gasteiger charge is -2.22. The number of rotatable bonds is 29. The Morgan fingerprint density at radius 3 is 1.08 bits per heavy atom. The van der Waals surface area contributed by atoms with Crippen molar-refractivity contribution in [3.05, 3.63) is 59.7 Å². The van der Waals surface area contributed by atoms with Crippen LogP contribution in [0.4, 0.5) is 0 Å². The molecule has 2 aromatic carbocycles. The first-order valence-electron chi connectivity index (χ1n) is 19.4. The smallest absolute Gasteiger partial charge is 0.320 e. The second-order valence-corrected chi connectivity index (χ2v) is 13.4. The van der Waals surface area contributed by atoms with Crippen molar-refractivity contribution in [3.63, 3.8) is 0 Å². The molecule has 2 aromatic rings. The van der Waals surface area contributed by atoms with Gasteiger partial charge in [-0.1, -0.05) is 153 Å². The molecule has 2 rings (SSSR count). The van der Waals surface area contributed by atoms with Crippen LogP contribution in [0.2, 0.25) is 0 Å². The topological polar surface area (TPSA) is 59.1 Å². The molecule has 0 aliphatic heterocycles. The Kier molecular flexibility index (Phi) is 23.5. The second-order valence-electron chi connectivity index (χ2n) is 13.4. The van der Waals surface area contributed by atoms with Gasteiger partial charge in [0.2, 0.25) is 0 Å². The number of hydrogen-bond acceptors (Lipinski definition) is 6. The lowest BCUT2D eigenvalue weighted by Crippen LogP contribution is -2.33. The molecule has 0 aliphatic rings. The molecule has 0 aromatic heterocycles. The average molecular weight is 665 g/mol. The van der Waals surface area contributed by atoms with Gasteiger partial charge in [0.05, 0.1) is 13.1 Å². The molecule has 6 nitrogen and oxygen atoms in total. The molecular formula is C42H68N2O4. The third kappa shape index (κ3) is 18.2. The van der Waals surface area contributed by atoms with Crippen LogP contribution >= 0.6 is 0 Å². The van der Waals surface area contributed by atoms with Crippen LogP contribution < -0.4 is 0 Å².